The van der Waals surface area contributed by atoms with Crippen molar-refractivity contribution in [1.29, 1.82) is 0 Å². The molecule has 0 bridgehead atoms. The van der Waals surface area contributed by atoms with Crippen LogP contribution in [0, 0.1) is 5.92 Å². The molecule has 0 spiro atoms. The lowest BCUT2D eigenvalue weighted by Crippen LogP contribution is -2.47. The number of piperazine rings is 1. The average Bonchev–Trinajstić information content (AvgIpc) is 2.60. The van der Waals surface area contributed by atoms with Gasteiger partial charge in [-0.2, -0.15) is 0 Å². The zero-order valence-corrected chi connectivity index (χ0v) is 15.5. The number of rotatable bonds is 8. The number of para-hydroxylation sites is 1. The van der Waals surface area contributed by atoms with Gasteiger partial charge in [-0.3, -0.25) is 9.69 Å². The molecule has 1 aromatic carbocycles. The summed E-state index contributed by atoms with van der Waals surface area (Å²) in [6.45, 7) is 8.50. The van der Waals surface area contributed by atoms with Gasteiger partial charge in [-0.1, -0.05) is 30.7 Å². The van der Waals surface area contributed by atoms with Crippen LogP contribution in [0.25, 0.3) is 0 Å². The van der Waals surface area contributed by atoms with Crippen LogP contribution in [0.15, 0.2) is 24.3 Å². The summed E-state index contributed by atoms with van der Waals surface area (Å²) in [5.74, 6) is 0.155. The molecule has 0 aromatic heterocycles. The van der Waals surface area contributed by atoms with Gasteiger partial charge in [0.2, 0.25) is 5.91 Å². The Hall–Kier alpha value is -1.30. The second kappa shape index (κ2) is 9.87. The number of benzene rings is 1. The summed E-state index contributed by atoms with van der Waals surface area (Å²) in [5.41, 5.74) is 1.13. The molecule has 1 aliphatic heterocycles. The van der Waals surface area contributed by atoms with Gasteiger partial charge in [0.25, 0.3) is 0 Å². The predicted octanol–water partition coefficient (Wildman–Crippen LogP) is 1.82. The molecule has 5 nitrogen and oxygen atoms in total. The Morgan fingerprint density at radius 1 is 1.25 bits per heavy atom. The highest BCUT2D eigenvalue weighted by Gasteiger charge is 2.18. The first kappa shape index (κ1) is 19.0. The number of anilines is 1. The lowest BCUT2D eigenvalue weighted by atomic mass is 10.1. The first-order valence-corrected chi connectivity index (χ1v) is 9.13. The van der Waals surface area contributed by atoms with Crippen LogP contribution < -0.4 is 15.5 Å². The molecule has 1 unspecified atom stereocenters. The van der Waals surface area contributed by atoms with Gasteiger partial charge < -0.3 is 15.5 Å². The van der Waals surface area contributed by atoms with Crippen LogP contribution in [0.2, 0.25) is 5.02 Å². The molecule has 2 N–H and O–H groups in total. The lowest BCUT2D eigenvalue weighted by Gasteiger charge is -2.36. The van der Waals surface area contributed by atoms with E-state index in [0.717, 1.165) is 62.9 Å². The van der Waals surface area contributed by atoms with Crippen LogP contribution in [0.1, 0.15) is 13.3 Å². The maximum atomic E-state index is 11.8. The molecular weight excluding hydrogens is 324 g/mol. The minimum atomic E-state index is 0.0224. The van der Waals surface area contributed by atoms with E-state index in [-0.39, 0.29) is 11.8 Å². The van der Waals surface area contributed by atoms with Gasteiger partial charge in [-0.05, 0) is 32.1 Å². The molecule has 0 aliphatic carbocycles. The third kappa shape index (κ3) is 5.65. The number of hydrogen-bond acceptors (Lipinski definition) is 4. The van der Waals surface area contributed by atoms with Gasteiger partial charge in [-0.25, -0.2) is 0 Å². The Morgan fingerprint density at radius 2 is 1.96 bits per heavy atom. The number of nitrogens with zero attached hydrogens (tertiary/aromatic N) is 2. The molecule has 1 amide bonds. The summed E-state index contributed by atoms with van der Waals surface area (Å²) in [7, 11) is 1.87. The van der Waals surface area contributed by atoms with Crippen molar-refractivity contribution >= 4 is 23.2 Å². The average molecular weight is 353 g/mol. The van der Waals surface area contributed by atoms with Crippen molar-refractivity contribution in [3.8, 4) is 0 Å². The van der Waals surface area contributed by atoms with E-state index in [0.29, 0.717) is 0 Å². The highest BCUT2D eigenvalue weighted by atomic mass is 35.5. The van der Waals surface area contributed by atoms with Crippen LogP contribution >= 0.6 is 11.6 Å². The first-order chi connectivity index (χ1) is 11.6. The van der Waals surface area contributed by atoms with E-state index in [1.165, 1.54) is 0 Å². The van der Waals surface area contributed by atoms with Crippen molar-refractivity contribution in [2.24, 2.45) is 5.92 Å². The van der Waals surface area contributed by atoms with E-state index >= 15 is 0 Å². The summed E-state index contributed by atoms with van der Waals surface area (Å²) in [6.07, 6.45) is 0.990. The molecule has 2 rings (SSSR count). The molecule has 1 saturated heterocycles. The highest BCUT2D eigenvalue weighted by Crippen LogP contribution is 2.25. The fraction of sp³-hybridized carbons (Fsp3) is 0.611. The van der Waals surface area contributed by atoms with E-state index in [2.05, 4.69) is 26.5 Å². The van der Waals surface area contributed by atoms with E-state index in [1.807, 2.05) is 32.2 Å². The van der Waals surface area contributed by atoms with Crippen molar-refractivity contribution in [3.05, 3.63) is 29.3 Å². The molecule has 1 aromatic rings. The Bertz CT molecular complexity index is 517. The van der Waals surface area contributed by atoms with Crippen molar-refractivity contribution in [1.82, 2.24) is 15.5 Å². The summed E-state index contributed by atoms with van der Waals surface area (Å²) in [6, 6.07) is 8.03. The number of carbonyl (C=O) groups is 1. The van der Waals surface area contributed by atoms with Gasteiger partial charge in [-0.15, -0.1) is 0 Å². The minimum Gasteiger partial charge on any atom is -0.368 e. The SMILES string of the molecule is CNCC(C)C(=O)NCCCN1CCN(c2ccccc2Cl)CC1. The fourth-order valence-corrected chi connectivity index (χ4v) is 3.26. The van der Waals surface area contributed by atoms with Gasteiger partial charge in [0.1, 0.15) is 0 Å². The lowest BCUT2D eigenvalue weighted by molar-refractivity contribution is -0.124. The predicted molar refractivity (Wildman–Crippen MR) is 101 cm³/mol. The van der Waals surface area contributed by atoms with E-state index in [1.54, 1.807) is 0 Å². The molecule has 0 saturated carbocycles. The zero-order valence-electron chi connectivity index (χ0n) is 14.7. The Kier molecular flexibility index (Phi) is 7.82. The van der Waals surface area contributed by atoms with Gasteiger partial charge in [0, 0.05) is 45.2 Å². The maximum absolute atomic E-state index is 11.8. The van der Waals surface area contributed by atoms with Gasteiger partial charge in [0.15, 0.2) is 0 Å². The number of nitrogens with one attached hydrogen (secondary N) is 2. The molecular formula is C18H29ClN4O. The molecule has 24 heavy (non-hydrogen) atoms. The minimum absolute atomic E-state index is 0.0224. The number of amides is 1. The second-order valence-corrected chi connectivity index (χ2v) is 6.79. The summed E-state index contributed by atoms with van der Waals surface area (Å²) in [5, 5.41) is 6.87. The van der Waals surface area contributed by atoms with Crippen molar-refractivity contribution in [3.63, 3.8) is 0 Å². The van der Waals surface area contributed by atoms with Crippen LogP contribution in [0.4, 0.5) is 5.69 Å². The molecule has 1 heterocycles. The summed E-state index contributed by atoms with van der Waals surface area (Å²) >= 11 is 6.27. The van der Waals surface area contributed by atoms with E-state index in [4.69, 9.17) is 11.6 Å². The maximum Gasteiger partial charge on any atom is 0.224 e. The quantitative estimate of drug-likeness (QED) is 0.701. The van der Waals surface area contributed by atoms with Crippen LogP contribution in [-0.2, 0) is 4.79 Å². The summed E-state index contributed by atoms with van der Waals surface area (Å²) < 4.78 is 0. The van der Waals surface area contributed by atoms with Crippen molar-refractivity contribution < 1.29 is 4.79 Å². The monoisotopic (exact) mass is 352 g/mol. The number of carbonyl (C=O) groups excluding carboxylic acids is 1. The number of hydrogen-bond donors (Lipinski definition) is 2. The molecule has 1 aliphatic rings. The standard InChI is InChI=1S/C18H29ClN4O/c1-15(14-20-2)18(24)21-8-5-9-22-10-12-23(13-11-22)17-7-4-3-6-16(17)19/h3-4,6-7,15,20H,5,8-14H2,1-2H3,(H,21,24). The Labute approximate surface area is 150 Å². The third-order valence-corrected chi connectivity index (χ3v) is 4.79. The topological polar surface area (TPSA) is 47.6 Å². The normalized spacial score (nSPS) is 16.9. The second-order valence-electron chi connectivity index (χ2n) is 6.38. The number of halogens is 1. The largest absolute Gasteiger partial charge is 0.368 e. The summed E-state index contributed by atoms with van der Waals surface area (Å²) in [4.78, 5) is 16.6. The van der Waals surface area contributed by atoms with Crippen molar-refractivity contribution in [2.45, 2.75) is 13.3 Å². The van der Waals surface area contributed by atoms with Gasteiger partial charge >= 0.3 is 0 Å². The highest BCUT2D eigenvalue weighted by molar-refractivity contribution is 6.33. The van der Waals surface area contributed by atoms with E-state index < -0.39 is 0 Å². The zero-order chi connectivity index (χ0) is 17.4. The van der Waals surface area contributed by atoms with Gasteiger partial charge in [0.05, 0.1) is 10.7 Å². The van der Waals surface area contributed by atoms with Crippen LogP contribution in [-0.4, -0.2) is 63.7 Å². The van der Waals surface area contributed by atoms with Crippen LogP contribution in [0.3, 0.4) is 0 Å². The van der Waals surface area contributed by atoms with Crippen LogP contribution in [0.5, 0.6) is 0 Å². The fourth-order valence-electron chi connectivity index (χ4n) is 3.01. The molecule has 6 heteroatoms. The Morgan fingerprint density at radius 3 is 2.62 bits per heavy atom. The first-order valence-electron chi connectivity index (χ1n) is 8.76. The molecule has 1 atom stereocenters. The van der Waals surface area contributed by atoms with E-state index in [9.17, 15) is 4.79 Å². The molecule has 1 fully saturated rings. The molecule has 0 radical (unpaired) electrons. The molecule has 134 valence electrons. The smallest absolute Gasteiger partial charge is 0.224 e. The van der Waals surface area contributed by atoms with Crippen molar-refractivity contribution in [2.75, 3.05) is 57.8 Å². The third-order valence-electron chi connectivity index (χ3n) is 4.47. The Balaban J connectivity index is 1.63.